The van der Waals surface area contributed by atoms with Gasteiger partial charge in [-0.25, -0.2) is 0 Å². The summed E-state index contributed by atoms with van der Waals surface area (Å²) in [5.41, 5.74) is 1.76. The van der Waals surface area contributed by atoms with Crippen LogP contribution in [0.5, 0.6) is 0 Å². The number of aryl methyl sites for hydroxylation is 1. The maximum atomic E-state index is 11.9. The van der Waals surface area contributed by atoms with E-state index in [2.05, 4.69) is 17.6 Å². The van der Waals surface area contributed by atoms with Gasteiger partial charge in [0.2, 0.25) is 11.8 Å². The maximum Gasteiger partial charge on any atom is 0.244 e. The van der Waals surface area contributed by atoms with Crippen molar-refractivity contribution < 1.29 is 14.0 Å². The highest BCUT2D eigenvalue weighted by Crippen LogP contribution is 2.28. The molecule has 0 fully saturated rings. The molecule has 2 rings (SSSR count). The summed E-state index contributed by atoms with van der Waals surface area (Å²) in [6.45, 7) is 4.49. The van der Waals surface area contributed by atoms with Crippen LogP contribution in [0.4, 0.5) is 0 Å². The van der Waals surface area contributed by atoms with Crippen LogP contribution < -0.4 is 10.6 Å². The van der Waals surface area contributed by atoms with Crippen molar-refractivity contribution in [2.24, 2.45) is 0 Å². The van der Waals surface area contributed by atoms with Crippen molar-refractivity contribution in [1.82, 2.24) is 10.6 Å². The van der Waals surface area contributed by atoms with Gasteiger partial charge in [0.05, 0.1) is 6.54 Å². The zero-order chi connectivity index (χ0) is 17.4. The Kier molecular flexibility index (Phi) is 6.61. The summed E-state index contributed by atoms with van der Waals surface area (Å²) >= 11 is 0. The molecule has 0 aliphatic heterocycles. The van der Waals surface area contributed by atoms with Crippen LogP contribution in [0.1, 0.15) is 38.0 Å². The molecule has 2 amide bonds. The number of unbranched alkanes of at least 4 members (excludes halogenated alkanes) is 1. The Bertz CT molecular complexity index is 731. The number of fused-ring (bicyclic) bond motifs is 1. The molecule has 0 bridgehead atoms. The fourth-order valence-corrected chi connectivity index (χ4v) is 2.47. The molecule has 128 valence electrons. The average molecular weight is 328 g/mol. The Hall–Kier alpha value is -2.56. The van der Waals surface area contributed by atoms with Crippen molar-refractivity contribution in [3.05, 3.63) is 41.7 Å². The van der Waals surface area contributed by atoms with Gasteiger partial charge in [0.15, 0.2) is 0 Å². The number of rotatable bonds is 8. The van der Waals surface area contributed by atoms with Crippen LogP contribution in [0.15, 0.2) is 34.8 Å². The topological polar surface area (TPSA) is 71.3 Å². The Morgan fingerprint density at radius 1 is 1.17 bits per heavy atom. The number of nitrogens with one attached hydrogen (secondary N) is 2. The number of furan rings is 1. The second-order valence-electron chi connectivity index (χ2n) is 5.54. The molecule has 0 spiro atoms. The van der Waals surface area contributed by atoms with E-state index in [9.17, 15) is 9.59 Å². The van der Waals surface area contributed by atoms with E-state index in [1.54, 1.807) is 6.08 Å². The van der Waals surface area contributed by atoms with Gasteiger partial charge < -0.3 is 15.1 Å². The first-order valence-electron chi connectivity index (χ1n) is 8.38. The molecular weight excluding hydrogens is 304 g/mol. The van der Waals surface area contributed by atoms with E-state index in [0.717, 1.165) is 41.6 Å². The van der Waals surface area contributed by atoms with Crippen molar-refractivity contribution >= 4 is 28.9 Å². The van der Waals surface area contributed by atoms with E-state index >= 15 is 0 Å². The lowest BCUT2D eigenvalue weighted by Crippen LogP contribution is -2.35. The van der Waals surface area contributed by atoms with E-state index in [4.69, 9.17) is 4.42 Å². The quantitative estimate of drug-likeness (QED) is 0.732. The standard InChI is InChI=1S/C19H24N2O3/c1-3-5-9-16-15(14-8-6-7-10-17(14)24-16)11-12-18(22)21-13-19(23)20-4-2/h6-8,10-12H,3-5,9,13H2,1-2H3,(H,20,23)(H,21,22)/b12-11+. The van der Waals surface area contributed by atoms with Crippen molar-refractivity contribution in [2.75, 3.05) is 13.1 Å². The summed E-state index contributed by atoms with van der Waals surface area (Å²) in [7, 11) is 0. The molecular formula is C19H24N2O3. The SMILES string of the molecule is CCCCc1oc2ccccc2c1/C=C/C(=O)NCC(=O)NCC. The zero-order valence-electron chi connectivity index (χ0n) is 14.2. The molecule has 0 aliphatic carbocycles. The van der Waals surface area contributed by atoms with Gasteiger partial charge in [0, 0.05) is 30.0 Å². The third-order valence-electron chi connectivity index (χ3n) is 3.67. The van der Waals surface area contributed by atoms with Crippen LogP contribution in [0.25, 0.3) is 17.0 Å². The fourth-order valence-electron chi connectivity index (χ4n) is 2.47. The molecule has 1 aromatic heterocycles. The fraction of sp³-hybridized carbons (Fsp3) is 0.368. The number of hydrogen-bond acceptors (Lipinski definition) is 3. The summed E-state index contributed by atoms with van der Waals surface area (Å²) in [5, 5.41) is 6.20. The smallest absolute Gasteiger partial charge is 0.244 e. The number of benzene rings is 1. The van der Waals surface area contributed by atoms with Crippen molar-refractivity contribution in [3.63, 3.8) is 0 Å². The van der Waals surface area contributed by atoms with E-state index < -0.39 is 0 Å². The number of likely N-dealkylation sites (N-methyl/N-ethyl adjacent to an activating group) is 1. The van der Waals surface area contributed by atoms with Crippen molar-refractivity contribution in [1.29, 1.82) is 0 Å². The molecule has 0 atom stereocenters. The third-order valence-corrected chi connectivity index (χ3v) is 3.67. The molecule has 2 N–H and O–H groups in total. The lowest BCUT2D eigenvalue weighted by Gasteiger charge is -2.02. The first-order valence-corrected chi connectivity index (χ1v) is 8.38. The predicted octanol–water partition coefficient (Wildman–Crippen LogP) is 3.04. The number of amides is 2. The van der Waals surface area contributed by atoms with Crippen LogP contribution >= 0.6 is 0 Å². The van der Waals surface area contributed by atoms with Gasteiger partial charge in [-0.1, -0.05) is 31.5 Å². The molecule has 0 radical (unpaired) electrons. The average Bonchev–Trinajstić information content (AvgIpc) is 2.94. The minimum absolute atomic E-state index is 0.0220. The van der Waals surface area contributed by atoms with Crippen LogP contribution in [0, 0.1) is 0 Å². The minimum atomic E-state index is -0.298. The predicted molar refractivity (Wildman–Crippen MR) is 95.6 cm³/mol. The first kappa shape index (κ1) is 17.8. The number of hydrogen-bond donors (Lipinski definition) is 2. The largest absolute Gasteiger partial charge is 0.460 e. The molecule has 5 nitrogen and oxygen atoms in total. The summed E-state index contributed by atoms with van der Waals surface area (Å²) < 4.78 is 5.92. The van der Waals surface area contributed by atoms with E-state index in [-0.39, 0.29) is 18.4 Å². The molecule has 1 aromatic carbocycles. The van der Waals surface area contributed by atoms with Crippen molar-refractivity contribution in [3.8, 4) is 0 Å². The molecule has 1 heterocycles. The maximum absolute atomic E-state index is 11.9. The highest BCUT2D eigenvalue weighted by atomic mass is 16.3. The molecule has 0 saturated heterocycles. The minimum Gasteiger partial charge on any atom is -0.460 e. The Balaban J connectivity index is 2.12. The molecule has 24 heavy (non-hydrogen) atoms. The third kappa shape index (κ3) is 4.72. The van der Waals surface area contributed by atoms with Crippen LogP contribution in [-0.2, 0) is 16.0 Å². The van der Waals surface area contributed by atoms with Crippen LogP contribution in [0.3, 0.4) is 0 Å². The normalized spacial score (nSPS) is 11.1. The summed E-state index contributed by atoms with van der Waals surface area (Å²) in [5.74, 6) is 0.399. The van der Waals surface area contributed by atoms with E-state index in [1.807, 2.05) is 31.2 Å². The summed E-state index contributed by atoms with van der Waals surface area (Å²) in [4.78, 5) is 23.3. The van der Waals surface area contributed by atoms with Gasteiger partial charge in [-0.2, -0.15) is 0 Å². The Morgan fingerprint density at radius 3 is 2.71 bits per heavy atom. The lowest BCUT2D eigenvalue weighted by atomic mass is 10.1. The summed E-state index contributed by atoms with van der Waals surface area (Å²) in [6, 6.07) is 7.80. The lowest BCUT2D eigenvalue weighted by molar-refractivity contribution is -0.123. The summed E-state index contributed by atoms with van der Waals surface area (Å²) in [6.07, 6.45) is 6.17. The Labute approximate surface area is 142 Å². The molecule has 2 aromatic rings. The second kappa shape index (κ2) is 8.91. The second-order valence-corrected chi connectivity index (χ2v) is 5.54. The number of carbonyl (C=O) groups excluding carboxylic acids is 2. The van der Waals surface area contributed by atoms with Crippen LogP contribution in [0.2, 0.25) is 0 Å². The van der Waals surface area contributed by atoms with Gasteiger partial charge in [-0.3, -0.25) is 9.59 Å². The number of para-hydroxylation sites is 1. The van der Waals surface area contributed by atoms with Gasteiger partial charge in [-0.15, -0.1) is 0 Å². The number of carbonyl (C=O) groups is 2. The molecule has 0 saturated carbocycles. The van der Waals surface area contributed by atoms with Crippen molar-refractivity contribution in [2.45, 2.75) is 33.1 Å². The van der Waals surface area contributed by atoms with Gasteiger partial charge >= 0.3 is 0 Å². The van der Waals surface area contributed by atoms with Gasteiger partial charge in [-0.05, 0) is 25.5 Å². The highest BCUT2D eigenvalue weighted by Gasteiger charge is 2.11. The van der Waals surface area contributed by atoms with Crippen LogP contribution in [-0.4, -0.2) is 24.9 Å². The highest BCUT2D eigenvalue weighted by molar-refractivity contribution is 5.97. The molecule has 0 aliphatic rings. The van der Waals surface area contributed by atoms with Gasteiger partial charge in [0.1, 0.15) is 11.3 Å². The first-order chi connectivity index (χ1) is 11.7. The zero-order valence-corrected chi connectivity index (χ0v) is 14.2. The Morgan fingerprint density at radius 2 is 1.96 bits per heavy atom. The monoisotopic (exact) mass is 328 g/mol. The van der Waals surface area contributed by atoms with E-state index in [0.29, 0.717) is 6.54 Å². The molecule has 0 unspecified atom stereocenters. The van der Waals surface area contributed by atoms with Gasteiger partial charge in [0.25, 0.3) is 0 Å². The molecule has 5 heteroatoms. The van der Waals surface area contributed by atoms with E-state index in [1.165, 1.54) is 6.08 Å².